The smallest absolute Gasteiger partial charge is 0.115 e. The van der Waals surface area contributed by atoms with Gasteiger partial charge in [0, 0.05) is 47.0 Å². The van der Waals surface area contributed by atoms with Crippen LogP contribution in [0.15, 0.2) is 55.1 Å². The van der Waals surface area contributed by atoms with Gasteiger partial charge < -0.3 is 4.90 Å². The monoisotopic (exact) mass is 369 g/mol. The van der Waals surface area contributed by atoms with E-state index in [1.165, 1.54) is 16.7 Å². The number of hydrogen-bond acceptors (Lipinski definition) is 3. The largest absolute Gasteiger partial charge is 0.301 e. The summed E-state index contributed by atoms with van der Waals surface area (Å²) in [6.07, 6.45) is 5.21. The van der Waals surface area contributed by atoms with Crippen molar-refractivity contribution in [1.82, 2.24) is 14.9 Å². The van der Waals surface area contributed by atoms with Crippen molar-refractivity contribution >= 4 is 23.2 Å². The summed E-state index contributed by atoms with van der Waals surface area (Å²) < 4.78 is 0. The van der Waals surface area contributed by atoms with Gasteiger partial charge in [-0.2, -0.15) is 0 Å². The normalized spacial score (nSPS) is 17.3. The second-order valence-electron chi connectivity index (χ2n) is 6.46. The molecule has 0 bridgehead atoms. The van der Waals surface area contributed by atoms with Crippen molar-refractivity contribution in [2.75, 3.05) is 13.6 Å². The molecule has 1 atom stereocenters. The van der Waals surface area contributed by atoms with E-state index in [1.54, 1.807) is 6.33 Å². The van der Waals surface area contributed by atoms with Crippen LogP contribution < -0.4 is 0 Å². The molecule has 1 aliphatic rings. The van der Waals surface area contributed by atoms with Crippen LogP contribution >= 0.6 is 23.2 Å². The predicted molar refractivity (Wildman–Crippen MR) is 102 cm³/mol. The lowest BCUT2D eigenvalue weighted by Gasteiger charge is -2.33. The van der Waals surface area contributed by atoms with Crippen LogP contribution in [0.2, 0.25) is 10.0 Å². The lowest BCUT2D eigenvalue weighted by Crippen LogP contribution is -2.31. The van der Waals surface area contributed by atoms with Gasteiger partial charge in [0.1, 0.15) is 6.33 Å². The first-order chi connectivity index (χ1) is 12.1. The topological polar surface area (TPSA) is 29.0 Å². The van der Waals surface area contributed by atoms with Gasteiger partial charge in [0.25, 0.3) is 0 Å². The molecule has 0 fully saturated rings. The maximum Gasteiger partial charge on any atom is 0.115 e. The van der Waals surface area contributed by atoms with E-state index in [0.717, 1.165) is 29.2 Å². The summed E-state index contributed by atoms with van der Waals surface area (Å²) in [5, 5.41) is 1.43. The fraction of sp³-hybridized carbons (Fsp3) is 0.200. The minimum atomic E-state index is 0.231. The van der Waals surface area contributed by atoms with E-state index in [0.29, 0.717) is 5.02 Å². The molecule has 0 N–H and O–H groups in total. The van der Waals surface area contributed by atoms with Crippen molar-refractivity contribution < 1.29 is 0 Å². The minimum absolute atomic E-state index is 0.231. The van der Waals surface area contributed by atoms with Gasteiger partial charge in [0.15, 0.2) is 0 Å². The Bertz CT molecular complexity index is 912. The first-order valence-corrected chi connectivity index (χ1v) is 8.89. The Morgan fingerprint density at radius 3 is 2.64 bits per heavy atom. The lowest BCUT2D eigenvalue weighted by molar-refractivity contribution is 0.295. The van der Waals surface area contributed by atoms with Crippen molar-refractivity contribution in [2.24, 2.45) is 0 Å². The second kappa shape index (κ2) is 6.75. The van der Waals surface area contributed by atoms with Crippen LogP contribution in [0.1, 0.15) is 22.6 Å². The van der Waals surface area contributed by atoms with Gasteiger partial charge in [-0.1, -0.05) is 47.5 Å². The Morgan fingerprint density at radius 2 is 1.84 bits per heavy atom. The van der Waals surface area contributed by atoms with Crippen LogP contribution in [-0.2, 0) is 6.54 Å². The van der Waals surface area contributed by atoms with Crippen LogP contribution in [0.25, 0.3) is 11.1 Å². The number of rotatable bonds is 2. The summed E-state index contributed by atoms with van der Waals surface area (Å²) >= 11 is 12.7. The molecule has 0 saturated carbocycles. The molecule has 0 amide bonds. The van der Waals surface area contributed by atoms with E-state index in [1.807, 2.05) is 18.5 Å². The number of nitrogens with zero attached hydrogens (tertiary/aromatic N) is 3. The summed E-state index contributed by atoms with van der Waals surface area (Å²) in [7, 11) is 2.12. The van der Waals surface area contributed by atoms with E-state index in [-0.39, 0.29) is 5.92 Å². The Labute approximate surface area is 157 Å². The molecule has 5 heteroatoms. The van der Waals surface area contributed by atoms with Gasteiger partial charge >= 0.3 is 0 Å². The molecule has 0 saturated heterocycles. The Balaban J connectivity index is 1.81. The number of fused-ring (bicyclic) bond motifs is 1. The molecular weight excluding hydrogens is 353 g/mol. The number of likely N-dealkylation sites (N-methyl/N-ethyl adjacent to an activating group) is 1. The maximum absolute atomic E-state index is 6.47. The quantitative estimate of drug-likeness (QED) is 0.634. The summed E-state index contributed by atoms with van der Waals surface area (Å²) in [6.45, 7) is 1.77. The summed E-state index contributed by atoms with van der Waals surface area (Å²) in [4.78, 5) is 10.5. The van der Waals surface area contributed by atoms with E-state index in [2.05, 4.69) is 52.2 Å². The molecule has 126 valence electrons. The van der Waals surface area contributed by atoms with Crippen molar-refractivity contribution in [3.05, 3.63) is 81.9 Å². The van der Waals surface area contributed by atoms with Gasteiger partial charge in [-0.3, -0.25) is 0 Å². The van der Waals surface area contributed by atoms with E-state index in [4.69, 9.17) is 23.2 Å². The molecule has 1 aliphatic heterocycles. The van der Waals surface area contributed by atoms with Crippen LogP contribution in [0, 0.1) is 0 Å². The van der Waals surface area contributed by atoms with E-state index >= 15 is 0 Å². The molecule has 25 heavy (non-hydrogen) atoms. The lowest BCUT2D eigenvalue weighted by atomic mass is 9.84. The SMILES string of the molecule is CN1Cc2c(Cl)cc(Cl)cc2[C@H](c2cccc(-c3cncnc3)c2)C1. The highest BCUT2D eigenvalue weighted by Gasteiger charge is 2.27. The van der Waals surface area contributed by atoms with Crippen molar-refractivity contribution in [2.45, 2.75) is 12.5 Å². The molecule has 0 spiro atoms. The minimum Gasteiger partial charge on any atom is -0.301 e. The third kappa shape index (κ3) is 3.28. The molecule has 3 nitrogen and oxygen atoms in total. The van der Waals surface area contributed by atoms with Crippen LogP contribution in [0.5, 0.6) is 0 Å². The summed E-state index contributed by atoms with van der Waals surface area (Å²) in [5.74, 6) is 0.231. The molecule has 1 aromatic heterocycles. The Morgan fingerprint density at radius 1 is 1.04 bits per heavy atom. The molecule has 0 radical (unpaired) electrons. The van der Waals surface area contributed by atoms with Crippen LogP contribution in [0.4, 0.5) is 0 Å². The average molecular weight is 370 g/mol. The Hall–Kier alpha value is -1.94. The van der Waals surface area contributed by atoms with Crippen LogP contribution in [-0.4, -0.2) is 28.5 Å². The number of halogens is 2. The zero-order valence-electron chi connectivity index (χ0n) is 13.8. The van der Waals surface area contributed by atoms with Crippen LogP contribution in [0.3, 0.4) is 0 Å². The molecule has 2 heterocycles. The highest BCUT2D eigenvalue weighted by molar-refractivity contribution is 6.35. The number of benzene rings is 2. The van der Waals surface area contributed by atoms with E-state index in [9.17, 15) is 0 Å². The zero-order chi connectivity index (χ0) is 17.4. The molecule has 0 unspecified atom stereocenters. The van der Waals surface area contributed by atoms with Crippen molar-refractivity contribution in [1.29, 1.82) is 0 Å². The molecular formula is C20H17Cl2N3. The van der Waals surface area contributed by atoms with Gasteiger partial charge in [0.2, 0.25) is 0 Å². The van der Waals surface area contributed by atoms with Crippen molar-refractivity contribution in [3.8, 4) is 11.1 Å². The first kappa shape index (κ1) is 16.5. The summed E-state index contributed by atoms with van der Waals surface area (Å²) in [5.41, 5.74) is 5.75. The maximum atomic E-state index is 6.47. The van der Waals surface area contributed by atoms with Gasteiger partial charge in [-0.05, 0) is 41.4 Å². The fourth-order valence-electron chi connectivity index (χ4n) is 3.51. The highest BCUT2D eigenvalue weighted by atomic mass is 35.5. The standard InChI is InChI=1S/C20H17Cl2N3/c1-25-10-18(17-6-16(21)7-20(22)19(17)11-25)14-4-2-3-13(5-14)15-8-23-12-24-9-15/h2-9,12,18H,10-11H2,1H3/t18-/m0/s1. The average Bonchev–Trinajstić information content (AvgIpc) is 2.63. The van der Waals surface area contributed by atoms with Crippen molar-refractivity contribution in [3.63, 3.8) is 0 Å². The molecule has 4 rings (SSSR count). The number of aromatic nitrogens is 2. The third-order valence-electron chi connectivity index (χ3n) is 4.68. The van der Waals surface area contributed by atoms with E-state index < -0.39 is 0 Å². The fourth-order valence-corrected chi connectivity index (χ4v) is 4.08. The summed E-state index contributed by atoms with van der Waals surface area (Å²) in [6, 6.07) is 12.4. The molecule has 2 aromatic carbocycles. The van der Waals surface area contributed by atoms with Gasteiger partial charge in [0.05, 0.1) is 0 Å². The Kier molecular flexibility index (Phi) is 4.46. The third-order valence-corrected chi connectivity index (χ3v) is 5.23. The zero-order valence-corrected chi connectivity index (χ0v) is 15.3. The van der Waals surface area contributed by atoms with Gasteiger partial charge in [-0.15, -0.1) is 0 Å². The predicted octanol–water partition coefficient (Wildman–Crippen LogP) is 5.03. The number of hydrogen-bond donors (Lipinski definition) is 0. The second-order valence-corrected chi connectivity index (χ2v) is 7.30. The molecule has 0 aliphatic carbocycles. The first-order valence-electron chi connectivity index (χ1n) is 8.13. The molecule has 3 aromatic rings. The highest BCUT2D eigenvalue weighted by Crippen LogP contribution is 2.39. The van der Waals surface area contributed by atoms with Gasteiger partial charge in [-0.25, -0.2) is 9.97 Å².